The van der Waals surface area contributed by atoms with Crippen LogP contribution in [0.4, 0.5) is 8.78 Å². The minimum Gasteiger partial charge on any atom is -0.480 e. The molecule has 0 fully saturated rings. The summed E-state index contributed by atoms with van der Waals surface area (Å²) in [6.45, 7) is 0. The summed E-state index contributed by atoms with van der Waals surface area (Å²) < 4.78 is 34.2. The second kappa shape index (κ2) is 14.6. The third-order valence-corrected chi connectivity index (χ3v) is 6.92. The number of carbonyl (C=O) groups is 2. The fourth-order valence-corrected chi connectivity index (χ4v) is 4.50. The molecule has 8 nitrogen and oxygen atoms in total. The lowest BCUT2D eigenvalue weighted by atomic mass is 10.1. The molecule has 41 heavy (non-hydrogen) atoms. The van der Waals surface area contributed by atoms with Gasteiger partial charge in [-0.2, -0.15) is 0 Å². The van der Waals surface area contributed by atoms with Crippen LogP contribution in [0.5, 0.6) is 0 Å². The van der Waals surface area contributed by atoms with Gasteiger partial charge in [-0.05, 0) is 47.5 Å². The van der Waals surface area contributed by atoms with Gasteiger partial charge in [0.2, 0.25) is 0 Å². The molecule has 0 aliphatic carbocycles. The van der Waals surface area contributed by atoms with E-state index in [1.807, 2.05) is 0 Å². The molecule has 2 aromatic carbocycles. The smallest absolute Gasteiger partial charge is 0.329 e. The number of rotatable bonds is 8. The van der Waals surface area contributed by atoms with Gasteiger partial charge in [0, 0.05) is 46.3 Å². The molecule has 2 unspecified atom stereocenters. The lowest BCUT2D eigenvalue weighted by Crippen LogP contribution is -2.31. The highest BCUT2D eigenvalue weighted by molar-refractivity contribution is 9.10. The number of hydrogen-bond acceptors (Lipinski definition) is 5. The number of ether oxygens (including phenoxy) is 1. The molecule has 4 rings (SSSR count). The zero-order chi connectivity index (χ0) is 30.1. The fraction of sp³-hybridized carbons (Fsp3) is 0.172. The van der Waals surface area contributed by atoms with E-state index >= 15 is 0 Å². The van der Waals surface area contributed by atoms with Crippen LogP contribution in [0.25, 0.3) is 0 Å². The van der Waals surface area contributed by atoms with Crippen molar-refractivity contribution in [2.75, 3.05) is 7.11 Å². The number of carbonyl (C=O) groups excluding carboxylic acids is 1. The number of aromatic nitrogens is 2. The molecule has 0 amide bonds. The lowest BCUT2D eigenvalue weighted by Gasteiger charge is -2.17. The Bertz CT molecular complexity index is 1620. The standard InChI is InChI=1S/C15H13BrFNO3.C14H11BrFNO3/c1-21-15(20)13(8-10-2-4-12(17)5-3-10)18-7-6-11(16)9-14(18)19;15-10-5-6-17(13(18)8-10)12(14(19)20)7-9-1-3-11(16)4-2-9/h2-7,9,13H,8H2,1H3;1-6,8,12H,7H2,(H,19,20). The molecule has 0 aliphatic rings. The second-order valence-electron chi connectivity index (χ2n) is 8.74. The van der Waals surface area contributed by atoms with Crippen molar-refractivity contribution in [2.45, 2.75) is 24.9 Å². The summed E-state index contributed by atoms with van der Waals surface area (Å²) in [5.41, 5.74) is 0.658. The number of esters is 1. The van der Waals surface area contributed by atoms with Gasteiger partial charge in [-0.1, -0.05) is 56.1 Å². The summed E-state index contributed by atoms with van der Waals surface area (Å²) in [6, 6.07) is 15.5. The molecule has 0 saturated carbocycles. The first kappa shape index (κ1) is 31.6. The number of carboxylic acids is 1. The Labute approximate surface area is 250 Å². The van der Waals surface area contributed by atoms with Gasteiger partial charge in [0.05, 0.1) is 7.11 Å². The van der Waals surface area contributed by atoms with E-state index in [1.165, 1.54) is 72.6 Å². The highest BCUT2D eigenvalue weighted by Gasteiger charge is 2.23. The molecule has 0 saturated heterocycles. The number of carboxylic acid groups (broad SMARTS) is 1. The lowest BCUT2D eigenvalue weighted by molar-refractivity contribution is -0.144. The van der Waals surface area contributed by atoms with Crippen molar-refractivity contribution >= 4 is 43.8 Å². The second-order valence-corrected chi connectivity index (χ2v) is 10.6. The molecular weight excluding hydrogens is 670 g/mol. The Kier molecular flexibility index (Phi) is 11.3. The van der Waals surface area contributed by atoms with Crippen LogP contribution in [0.1, 0.15) is 23.2 Å². The fourth-order valence-electron chi connectivity index (χ4n) is 3.87. The maximum atomic E-state index is 12.9. The van der Waals surface area contributed by atoms with E-state index in [2.05, 4.69) is 31.9 Å². The highest BCUT2D eigenvalue weighted by atomic mass is 79.9. The predicted octanol–water partition coefficient (Wildman–Crippen LogP) is 5.33. The van der Waals surface area contributed by atoms with Crippen molar-refractivity contribution in [1.82, 2.24) is 9.13 Å². The van der Waals surface area contributed by atoms with Crippen molar-refractivity contribution in [2.24, 2.45) is 0 Å². The minimum absolute atomic E-state index is 0.108. The van der Waals surface area contributed by atoms with Gasteiger partial charge in [0.25, 0.3) is 11.1 Å². The molecule has 0 aliphatic heterocycles. The summed E-state index contributed by atoms with van der Waals surface area (Å²) in [5, 5.41) is 9.29. The van der Waals surface area contributed by atoms with E-state index in [9.17, 15) is 33.1 Å². The summed E-state index contributed by atoms with van der Waals surface area (Å²) in [6.07, 6.45) is 3.30. The van der Waals surface area contributed by atoms with Crippen molar-refractivity contribution < 1.29 is 28.2 Å². The number of nitrogens with zero attached hydrogens (tertiary/aromatic N) is 2. The molecule has 12 heteroatoms. The molecule has 0 spiro atoms. The Hall–Kier alpha value is -3.90. The molecule has 2 heterocycles. The molecule has 214 valence electrons. The Morgan fingerprint density at radius 1 is 0.756 bits per heavy atom. The van der Waals surface area contributed by atoms with Crippen LogP contribution in [0.15, 0.2) is 104 Å². The summed E-state index contributed by atoms with van der Waals surface area (Å²) in [4.78, 5) is 47.2. The van der Waals surface area contributed by atoms with E-state index in [0.717, 1.165) is 10.1 Å². The molecule has 4 aromatic rings. The van der Waals surface area contributed by atoms with E-state index in [4.69, 9.17) is 4.74 Å². The number of hydrogen-bond donors (Lipinski definition) is 1. The van der Waals surface area contributed by atoms with Gasteiger partial charge in [-0.3, -0.25) is 9.59 Å². The van der Waals surface area contributed by atoms with Crippen molar-refractivity contribution in [1.29, 1.82) is 0 Å². The van der Waals surface area contributed by atoms with Crippen LogP contribution in [-0.4, -0.2) is 33.3 Å². The van der Waals surface area contributed by atoms with E-state index in [0.29, 0.717) is 14.5 Å². The van der Waals surface area contributed by atoms with Gasteiger partial charge in [0.15, 0.2) is 0 Å². The summed E-state index contributed by atoms with van der Waals surface area (Å²) in [5.74, 6) is -2.38. The summed E-state index contributed by atoms with van der Waals surface area (Å²) in [7, 11) is 1.27. The normalized spacial score (nSPS) is 12.0. The third-order valence-electron chi connectivity index (χ3n) is 5.93. The maximum Gasteiger partial charge on any atom is 0.329 e. The van der Waals surface area contributed by atoms with Gasteiger partial charge < -0.3 is 19.0 Å². The van der Waals surface area contributed by atoms with Crippen LogP contribution < -0.4 is 11.1 Å². The van der Waals surface area contributed by atoms with Crippen LogP contribution >= 0.6 is 31.9 Å². The number of pyridine rings is 2. The average Bonchev–Trinajstić information content (AvgIpc) is 2.93. The van der Waals surface area contributed by atoms with Crippen LogP contribution in [-0.2, 0) is 27.2 Å². The largest absolute Gasteiger partial charge is 0.480 e. The maximum absolute atomic E-state index is 12.9. The monoisotopic (exact) mass is 692 g/mol. The molecule has 2 atom stereocenters. The Morgan fingerprint density at radius 3 is 1.51 bits per heavy atom. The third kappa shape index (κ3) is 9.05. The topological polar surface area (TPSA) is 108 Å². The SMILES string of the molecule is COC(=O)C(Cc1ccc(F)cc1)n1ccc(Br)cc1=O.O=C(O)C(Cc1ccc(F)cc1)n1ccc(Br)cc1=O. The van der Waals surface area contributed by atoms with Gasteiger partial charge in [-0.25, -0.2) is 18.4 Å². The predicted molar refractivity (Wildman–Crippen MR) is 155 cm³/mol. The van der Waals surface area contributed by atoms with E-state index < -0.39 is 29.6 Å². The highest BCUT2D eigenvalue weighted by Crippen LogP contribution is 2.17. The van der Waals surface area contributed by atoms with Crippen LogP contribution in [0.2, 0.25) is 0 Å². The molecular formula is C29H24Br2F2N2O6. The number of benzene rings is 2. The number of halogens is 4. The van der Waals surface area contributed by atoms with E-state index in [-0.39, 0.29) is 30.0 Å². The van der Waals surface area contributed by atoms with Gasteiger partial charge >= 0.3 is 11.9 Å². The first-order valence-corrected chi connectivity index (χ1v) is 13.6. The summed E-state index contributed by atoms with van der Waals surface area (Å²) >= 11 is 6.36. The molecule has 2 aromatic heterocycles. The quantitative estimate of drug-likeness (QED) is 0.250. The van der Waals surface area contributed by atoms with Gasteiger partial charge in [0.1, 0.15) is 23.7 Å². The van der Waals surface area contributed by atoms with Crippen LogP contribution in [0.3, 0.4) is 0 Å². The minimum atomic E-state index is -1.11. The number of aliphatic carboxylic acids is 1. The Morgan fingerprint density at radius 2 is 1.15 bits per heavy atom. The number of methoxy groups -OCH3 is 1. The zero-order valence-electron chi connectivity index (χ0n) is 21.5. The first-order valence-electron chi connectivity index (χ1n) is 12.0. The van der Waals surface area contributed by atoms with Crippen molar-refractivity contribution in [3.05, 3.63) is 138 Å². The molecule has 0 radical (unpaired) electrons. The first-order chi connectivity index (χ1) is 19.5. The average molecular weight is 694 g/mol. The van der Waals surface area contributed by atoms with Crippen molar-refractivity contribution in [3.63, 3.8) is 0 Å². The Balaban J connectivity index is 0.000000226. The van der Waals surface area contributed by atoms with Crippen LogP contribution in [0, 0.1) is 11.6 Å². The molecule has 1 N–H and O–H groups in total. The van der Waals surface area contributed by atoms with Crippen molar-refractivity contribution in [3.8, 4) is 0 Å². The zero-order valence-corrected chi connectivity index (χ0v) is 24.7. The molecule has 0 bridgehead atoms. The van der Waals surface area contributed by atoms with E-state index in [1.54, 1.807) is 24.3 Å². The van der Waals surface area contributed by atoms with Gasteiger partial charge in [-0.15, -0.1) is 0 Å².